The number of aromatic nitrogens is 1. The highest BCUT2D eigenvalue weighted by molar-refractivity contribution is 6.34. The van der Waals surface area contributed by atoms with Gasteiger partial charge in [-0.3, -0.25) is 9.59 Å². The summed E-state index contributed by atoms with van der Waals surface area (Å²) in [5, 5.41) is 11.9. The molecule has 0 bridgehead atoms. The first-order valence-corrected chi connectivity index (χ1v) is 6.99. The lowest BCUT2D eigenvalue weighted by molar-refractivity contribution is -0.141. The summed E-state index contributed by atoms with van der Waals surface area (Å²) >= 11 is 11.5. The molecule has 7 heteroatoms. The van der Waals surface area contributed by atoms with E-state index in [1.54, 1.807) is 0 Å². The largest absolute Gasteiger partial charge is 0.481 e. The first kappa shape index (κ1) is 15.1. The Morgan fingerprint density at radius 2 is 2.05 bits per heavy atom. The SMILES string of the molecule is O=C(O)CC1(CNC(=O)c2ccc(Cl)nc2Cl)CCC1. The predicted molar refractivity (Wildman–Crippen MR) is 75.1 cm³/mol. The molecule has 0 atom stereocenters. The maximum Gasteiger partial charge on any atom is 0.303 e. The first-order valence-electron chi connectivity index (χ1n) is 6.24. The molecule has 5 nitrogen and oxygen atoms in total. The lowest BCUT2D eigenvalue weighted by atomic mass is 9.66. The molecule has 0 saturated heterocycles. The zero-order chi connectivity index (χ0) is 14.8. The first-order chi connectivity index (χ1) is 9.42. The number of halogens is 2. The van der Waals surface area contributed by atoms with Crippen LogP contribution in [-0.2, 0) is 4.79 Å². The number of carbonyl (C=O) groups is 2. The maximum absolute atomic E-state index is 12.0. The van der Waals surface area contributed by atoms with Crippen molar-refractivity contribution in [1.82, 2.24) is 10.3 Å². The van der Waals surface area contributed by atoms with E-state index in [1.165, 1.54) is 12.1 Å². The highest BCUT2D eigenvalue weighted by Crippen LogP contribution is 2.43. The van der Waals surface area contributed by atoms with Gasteiger partial charge in [-0.2, -0.15) is 0 Å². The molecule has 1 aromatic heterocycles. The Labute approximate surface area is 126 Å². The lowest BCUT2D eigenvalue weighted by Crippen LogP contribution is -2.43. The van der Waals surface area contributed by atoms with Crippen molar-refractivity contribution in [3.8, 4) is 0 Å². The molecule has 1 amide bonds. The Bertz CT molecular complexity index is 544. The second-order valence-corrected chi connectivity index (χ2v) is 5.82. The summed E-state index contributed by atoms with van der Waals surface area (Å²) in [5.74, 6) is -1.21. The van der Waals surface area contributed by atoms with Gasteiger partial charge in [-0.1, -0.05) is 29.6 Å². The normalized spacial score (nSPS) is 16.3. The van der Waals surface area contributed by atoms with Crippen molar-refractivity contribution < 1.29 is 14.7 Å². The van der Waals surface area contributed by atoms with E-state index in [4.69, 9.17) is 28.3 Å². The van der Waals surface area contributed by atoms with Crippen molar-refractivity contribution in [2.75, 3.05) is 6.54 Å². The van der Waals surface area contributed by atoms with E-state index >= 15 is 0 Å². The number of rotatable bonds is 5. The zero-order valence-electron chi connectivity index (χ0n) is 10.7. The van der Waals surface area contributed by atoms with Gasteiger partial charge in [0.2, 0.25) is 0 Å². The Kier molecular flexibility index (Phi) is 4.50. The molecular formula is C13H14Cl2N2O3. The van der Waals surface area contributed by atoms with Gasteiger partial charge in [0.15, 0.2) is 0 Å². The van der Waals surface area contributed by atoms with Gasteiger partial charge in [0.05, 0.1) is 12.0 Å². The number of hydrogen-bond acceptors (Lipinski definition) is 3. The molecule has 0 aliphatic heterocycles. The van der Waals surface area contributed by atoms with E-state index in [2.05, 4.69) is 10.3 Å². The number of carboxylic acid groups (broad SMARTS) is 1. The standard InChI is InChI=1S/C13H14Cl2N2O3/c14-9-3-2-8(11(15)17-9)12(20)16-7-13(4-1-5-13)6-10(18)19/h2-3H,1,4-7H2,(H,16,20)(H,18,19). The minimum Gasteiger partial charge on any atom is -0.481 e. The summed E-state index contributed by atoms with van der Waals surface area (Å²) in [7, 11) is 0. The highest BCUT2D eigenvalue weighted by Gasteiger charge is 2.39. The average molecular weight is 317 g/mol. The molecule has 1 saturated carbocycles. The molecule has 0 radical (unpaired) electrons. The van der Waals surface area contributed by atoms with Gasteiger partial charge < -0.3 is 10.4 Å². The van der Waals surface area contributed by atoms with Gasteiger partial charge in [0, 0.05) is 6.54 Å². The third-order valence-corrected chi connectivity index (χ3v) is 4.12. The van der Waals surface area contributed by atoms with E-state index in [9.17, 15) is 9.59 Å². The van der Waals surface area contributed by atoms with Crippen LogP contribution in [-0.4, -0.2) is 28.5 Å². The van der Waals surface area contributed by atoms with Crippen LogP contribution in [0.1, 0.15) is 36.0 Å². The summed E-state index contributed by atoms with van der Waals surface area (Å²) < 4.78 is 0. The molecule has 1 heterocycles. The third-order valence-electron chi connectivity index (χ3n) is 3.62. The number of nitrogens with zero attached hydrogens (tertiary/aromatic N) is 1. The Morgan fingerprint density at radius 3 is 2.55 bits per heavy atom. The molecule has 0 aromatic carbocycles. The van der Waals surface area contributed by atoms with Crippen LogP contribution in [0.5, 0.6) is 0 Å². The van der Waals surface area contributed by atoms with Gasteiger partial charge >= 0.3 is 5.97 Å². The van der Waals surface area contributed by atoms with Gasteiger partial charge in [-0.15, -0.1) is 0 Å². The molecular weight excluding hydrogens is 303 g/mol. The second kappa shape index (κ2) is 5.97. The van der Waals surface area contributed by atoms with E-state index in [1.807, 2.05) is 0 Å². The lowest BCUT2D eigenvalue weighted by Gasteiger charge is -2.40. The zero-order valence-corrected chi connectivity index (χ0v) is 12.2. The third kappa shape index (κ3) is 3.41. The van der Waals surface area contributed by atoms with Crippen molar-refractivity contribution in [2.45, 2.75) is 25.7 Å². The smallest absolute Gasteiger partial charge is 0.303 e. The fraction of sp³-hybridized carbons (Fsp3) is 0.462. The number of carboxylic acids is 1. The number of pyridine rings is 1. The van der Waals surface area contributed by atoms with Crippen LogP contribution in [0, 0.1) is 5.41 Å². The summed E-state index contributed by atoms with van der Waals surface area (Å²) in [5.41, 5.74) is -0.0887. The molecule has 1 aliphatic rings. The van der Waals surface area contributed by atoms with Gasteiger partial charge in [0.25, 0.3) is 5.91 Å². The van der Waals surface area contributed by atoms with Gasteiger partial charge in [-0.25, -0.2) is 4.98 Å². The van der Waals surface area contributed by atoms with E-state index < -0.39 is 5.97 Å². The number of nitrogens with one attached hydrogen (secondary N) is 1. The highest BCUT2D eigenvalue weighted by atomic mass is 35.5. The Balaban J connectivity index is 1.99. The molecule has 0 unspecified atom stereocenters. The van der Waals surface area contributed by atoms with E-state index in [-0.39, 0.29) is 33.6 Å². The second-order valence-electron chi connectivity index (χ2n) is 5.08. The van der Waals surface area contributed by atoms with Crippen molar-refractivity contribution in [2.24, 2.45) is 5.41 Å². The molecule has 1 fully saturated rings. The molecule has 0 spiro atoms. The van der Waals surface area contributed by atoms with E-state index in [0.29, 0.717) is 6.54 Å². The summed E-state index contributed by atoms with van der Waals surface area (Å²) in [6.45, 7) is 0.330. The van der Waals surface area contributed by atoms with E-state index in [0.717, 1.165) is 19.3 Å². The summed E-state index contributed by atoms with van der Waals surface area (Å²) in [4.78, 5) is 26.7. The number of carbonyl (C=O) groups excluding carboxylic acids is 1. The van der Waals surface area contributed by atoms with Crippen LogP contribution >= 0.6 is 23.2 Å². The topological polar surface area (TPSA) is 79.3 Å². The average Bonchev–Trinajstić information content (AvgIpc) is 2.31. The van der Waals surface area contributed by atoms with Crippen LogP contribution in [0.15, 0.2) is 12.1 Å². The Morgan fingerprint density at radius 1 is 1.35 bits per heavy atom. The minimum absolute atomic E-state index is 0.0379. The predicted octanol–water partition coefficient (Wildman–Crippen LogP) is 2.76. The van der Waals surface area contributed by atoms with Crippen molar-refractivity contribution in [1.29, 1.82) is 0 Å². The molecule has 1 aliphatic carbocycles. The summed E-state index contributed by atoms with van der Waals surface area (Å²) in [6.07, 6.45) is 2.69. The minimum atomic E-state index is -0.842. The van der Waals surface area contributed by atoms with Crippen LogP contribution in [0.4, 0.5) is 0 Å². The molecule has 1 aromatic rings. The van der Waals surface area contributed by atoms with Crippen molar-refractivity contribution >= 4 is 35.1 Å². The van der Waals surface area contributed by atoms with Crippen molar-refractivity contribution in [3.05, 3.63) is 28.0 Å². The van der Waals surface area contributed by atoms with Crippen LogP contribution < -0.4 is 5.32 Å². The monoisotopic (exact) mass is 316 g/mol. The Hall–Kier alpha value is -1.33. The van der Waals surface area contributed by atoms with Crippen molar-refractivity contribution in [3.63, 3.8) is 0 Å². The number of hydrogen-bond donors (Lipinski definition) is 2. The number of aliphatic carboxylic acids is 1. The van der Waals surface area contributed by atoms with Crippen LogP contribution in [0.2, 0.25) is 10.3 Å². The van der Waals surface area contributed by atoms with Crippen LogP contribution in [0.25, 0.3) is 0 Å². The van der Waals surface area contributed by atoms with Gasteiger partial charge in [0.1, 0.15) is 10.3 Å². The molecule has 20 heavy (non-hydrogen) atoms. The fourth-order valence-electron chi connectivity index (χ4n) is 2.36. The fourth-order valence-corrected chi connectivity index (χ4v) is 2.79. The summed E-state index contributed by atoms with van der Waals surface area (Å²) in [6, 6.07) is 2.98. The maximum atomic E-state index is 12.0. The molecule has 2 N–H and O–H groups in total. The number of amides is 1. The van der Waals surface area contributed by atoms with Crippen LogP contribution in [0.3, 0.4) is 0 Å². The molecule has 2 rings (SSSR count). The molecule has 108 valence electrons. The van der Waals surface area contributed by atoms with Gasteiger partial charge in [-0.05, 0) is 30.4 Å². The quantitative estimate of drug-likeness (QED) is 0.819.